The number of aliphatic carboxylic acids is 1. The molecule has 1 fully saturated rings. The lowest BCUT2D eigenvalue weighted by Gasteiger charge is -2.40. The van der Waals surface area contributed by atoms with Gasteiger partial charge in [0.05, 0.1) is 18.7 Å². The first kappa shape index (κ1) is 22.7. The Bertz CT molecular complexity index is 912. The Morgan fingerprint density at radius 2 is 2.00 bits per heavy atom. The summed E-state index contributed by atoms with van der Waals surface area (Å²) >= 11 is 0.943. The topological polar surface area (TPSA) is 182 Å². The summed E-state index contributed by atoms with van der Waals surface area (Å²) in [6.07, 6.45) is -2.78. The Kier molecular flexibility index (Phi) is 6.79. The fraction of sp³-hybridized carbons (Fsp3) is 0.529. The van der Waals surface area contributed by atoms with Crippen LogP contribution in [-0.4, -0.2) is 77.7 Å². The van der Waals surface area contributed by atoms with Crippen LogP contribution in [0.15, 0.2) is 33.6 Å². The number of ether oxygens (including phenoxy) is 1. The molecule has 0 spiro atoms. The summed E-state index contributed by atoms with van der Waals surface area (Å²) in [4.78, 5) is 23.9. The fourth-order valence-electron chi connectivity index (χ4n) is 3.02. The third-order valence-electron chi connectivity index (χ3n) is 4.77. The Morgan fingerprint density at radius 1 is 1.30 bits per heavy atom. The van der Waals surface area contributed by atoms with Crippen LogP contribution in [0.4, 0.5) is 0 Å². The smallest absolute Gasteiger partial charge is 0.370 e. The zero-order valence-corrected chi connectivity index (χ0v) is 17.2. The monoisotopic (exact) mass is 462 g/mol. The van der Waals surface area contributed by atoms with Gasteiger partial charge in [-0.2, -0.15) is 0 Å². The average Bonchev–Trinajstić information content (AvgIpc) is 3.40. The van der Waals surface area contributed by atoms with Gasteiger partial charge in [0.15, 0.2) is 0 Å². The molecule has 1 amide bonds. The van der Waals surface area contributed by atoms with Crippen molar-refractivity contribution in [2.24, 2.45) is 5.92 Å². The molecule has 6 N–H and O–H groups in total. The number of sulfonamides is 1. The van der Waals surface area contributed by atoms with Crippen molar-refractivity contribution in [3.63, 3.8) is 0 Å². The molecule has 1 aromatic rings. The van der Waals surface area contributed by atoms with Crippen LogP contribution < -0.4 is 10.0 Å². The van der Waals surface area contributed by atoms with E-state index >= 15 is 0 Å². The van der Waals surface area contributed by atoms with Gasteiger partial charge in [0.1, 0.15) is 22.5 Å². The predicted octanol–water partition coefficient (Wildman–Crippen LogP) is -1.63. The van der Waals surface area contributed by atoms with Crippen LogP contribution in [-0.2, 0) is 24.3 Å². The fourth-order valence-corrected chi connectivity index (χ4v) is 5.23. The van der Waals surface area contributed by atoms with E-state index in [2.05, 4.69) is 10.0 Å². The second-order valence-corrected chi connectivity index (χ2v) is 9.94. The van der Waals surface area contributed by atoms with Crippen molar-refractivity contribution in [3.8, 4) is 0 Å². The number of carboxylic acid groups (broad SMARTS) is 1. The molecule has 1 aliphatic heterocycles. The van der Waals surface area contributed by atoms with Gasteiger partial charge >= 0.3 is 5.97 Å². The summed E-state index contributed by atoms with van der Waals surface area (Å²) in [6, 6.07) is 0.337. The molecule has 1 aliphatic carbocycles. The molecule has 0 saturated heterocycles. The van der Waals surface area contributed by atoms with Crippen LogP contribution in [0.25, 0.3) is 0 Å². The molecule has 166 valence electrons. The summed E-state index contributed by atoms with van der Waals surface area (Å²) in [5.41, 5.74) is 0. The summed E-state index contributed by atoms with van der Waals surface area (Å²) in [5, 5.41) is 42.9. The summed E-state index contributed by atoms with van der Waals surface area (Å²) in [6.45, 7) is -0.859. The van der Waals surface area contributed by atoms with Crippen molar-refractivity contribution in [1.82, 2.24) is 10.0 Å². The molecular weight excluding hydrogens is 440 g/mol. The molecule has 3 rings (SSSR count). The minimum Gasteiger partial charge on any atom is -0.478 e. The number of thiophene rings is 1. The quantitative estimate of drug-likeness (QED) is 0.251. The first-order valence-electron chi connectivity index (χ1n) is 9.09. The summed E-state index contributed by atoms with van der Waals surface area (Å²) < 4.78 is 33.0. The Labute approximate surface area is 176 Å². The van der Waals surface area contributed by atoms with Crippen molar-refractivity contribution in [3.05, 3.63) is 29.3 Å². The van der Waals surface area contributed by atoms with E-state index in [4.69, 9.17) is 9.84 Å². The average molecular weight is 463 g/mol. The van der Waals surface area contributed by atoms with Gasteiger partial charge in [-0.05, 0) is 30.4 Å². The zero-order chi connectivity index (χ0) is 22.1. The molecule has 5 atom stereocenters. The molecule has 11 nitrogen and oxygen atoms in total. The highest BCUT2D eigenvalue weighted by Gasteiger charge is 2.46. The minimum absolute atomic E-state index is 0.0287. The van der Waals surface area contributed by atoms with Gasteiger partial charge in [-0.1, -0.05) is 6.07 Å². The van der Waals surface area contributed by atoms with E-state index in [1.807, 2.05) is 0 Å². The van der Waals surface area contributed by atoms with Gasteiger partial charge in [-0.25, -0.2) is 17.9 Å². The van der Waals surface area contributed by atoms with E-state index in [-0.39, 0.29) is 10.1 Å². The molecular formula is C17H22N2O9S2. The number of aliphatic hydroxyl groups excluding tert-OH is 3. The zero-order valence-electron chi connectivity index (χ0n) is 15.5. The second kappa shape index (κ2) is 8.99. The number of hydrogen-bond acceptors (Lipinski definition) is 9. The van der Waals surface area contributed by atoms with Crippen LogP contribution in [0, 0.1) is 5.92 Å². The molecule has 1 saturated carbocycles. The third kappa shape index (κ3) is 4.99. The number of aliphatic hydroxyl groups is 3. The van der Waals surface area contributed by atoms with E-state index in [1.165, 1.54) is 12.1 Å². The van der Waals surface area contributed by atoms with E-state index in [9.17, 15) is 33.3 Å². The number of hydrogen-bond donors (Lipinski definition) is 6. The standard InChI is InChI=1S/C17H22N2O9S2/c20-7-10(21)14(22)15-13(18-16(23)8-3-4-8)9(6-11(28-15)17(24)25)19-30(26,27)12-2-1-5-29-12/h1-2,5-6,8-10,13-15,19-22H,3-4,7H2,(H,18,23)(H,24,25)/t9-,10+,13+,14+,15+/m0/s1. The third-order valence-corrected chi connectivity index (χ3v) is 7.63. The number of nitrogens with one attached hydrogen (secondary N) is 2. The van der Waals surface area contributed by atoms with Gasteiger partial charge in [-0.3, -0.25) is 4.79 Å². The highest BCUT2D eigenvalue weighted by molar-refractivity contribution is 7.91. The van der Waals surface area contributed by atoms with Crippen molar-refractivity contribution >= 4 is 33.2 Å². The van der Waals surface area contributed by atoms with E-state index in [1.54, 1.807) is 5.38 Å². The molecule has 2 aliphatic rings. The highest BCUT2D eigenvalue weighted by atomic mass is 32.2. The van der Waals surface area contributed by atoms with Crippen molar-refractivity contribution in [2.75, 3.05) is 6.61 Å². The van der Waals surface area contributed by atoms with Gasteiger partial charge in [0.2, 0.25) is 11.7 Å². The Morgan fingerprint density at radius 3 is 2.53 bits per heavy atom. The molecule has 0 radical (unpaired) electrons. The number of carbonyl (C=O) groups is 2. The molecule has 2 heterocycles. The molecule has 30 heavy (non-hydrogen) atoms. The van der Waals surface area contributed by atoms with Crippen LogP contribution in [0.1, 0.15) is 12.8 Å². The second-order valence-electron chi connectivity index (χ2n) is 7.05. The maximum atomic E-state index is 12.7. The molecule has 13 heteroatoms. The Balaban J connectivity index is 1.97. The van der Waals surface area contributed by atoms with Gasteiger partial charge in [0.25, 0.3) is 10.0 Å². The SMILES string of the molecule is O=C(O)C1=C[C@H](NS(=O)(=O)c2cccs2)[C@@H](NC(=O)C2CC2)[C@H]([C@H](O)[C@H](O)CO)O1. The van der Waals surface area contributed by atoms with Crippen molar-refractivity contribution < 1.29 is 43.2 Å². The lowest BCUT2D eigenvalue weighted by molar-refractivity contribution is -0.146. The van der Waals surface area contributed by atoms with Crippen LogP contribution in [0.2, 0.25) is 0 Å². The molecule has 0 aromatic carbocycles. The van der Waals surface area contributed by atoms with Crippen LogP contribution in [0.3, 0.4) is 0 Å². The normalized spacial score (nSPS) is 26.2. The minimum atomic E-state index is -4.08. The van der Waals surface area contributed by atoms with Crippen LogP contribution in [0.5, 0.6) is 0 Å². The maximum absolute atomic E-state index is 12.7. The lowest BCUT2D eigenvalue weighted by Crippen LogP contribution is -2.63. The summed E-state index contributed by atoms with van der Waals surface area (Å²) in [5.74, 6) is -2.88. The van der Waals surface area contributed by atoms with Crippen molar-refractivity contribution in [2.45, 2.75) is 47.4 Å². The van der Waals surface area contributed by atoms with Gasteiger partial charge < -0.3 is 30.5 Å². The van der Waals surface area contributed by atoms with Crippen molar-refractivity contribution in [1.29, 1.82) is 0 Å². The van der Waals surface area contributed by atoms with E-state index in [0.717, 1.165) is 17.4 Å². The number of carbonyl (C=O) groups excluding carboxylic acids is 1. The molecule has 0 bridgehead atoms. The van der Waals surface area contributed by atoms with Gasteiger partial charge in [0, 0.05) is 5.92 Å². The van der Waals surface area contributed by atoms with E-state index < -0.39 is 64.7 Å². The lowest BCUT2D eigenvalue weighted by atomic mass is 9.92. The maximum Gasteiger partial charge on any atom is 0.370 e. The number of carboxylic acids is 1. The number of rotatable bonds is 9. The molecule has 1 aromatic heterocycles. The van der Waals surface area contributed by atoms with Crippen LogP contribution >= 0.6 is 11.3 Å². The van der Waals surface area contributed by atoms with Gasteiger partial charge in [-0.15, -0.1) is 11.3 Å². The van der Waals surface area contributed by atoms with E-state index in [0.29, 0.717) is 12.8 Å². The number of amides is 1. The summed E-state index contributed by atoms with van der Waals surface area (Å²) in [7, 11) is -4.08. The molecule has 0 unspecified atom stereocenters. The largest absolute Gasteiger partial charge is 0.478 e. The predicted molar refractivity (Wildman–Crippen MR) is 103 cm³/mol. The Hall–Kier alpha value is -2.03. The first-order chi connectivity index (χ1) is 14.1. The highest BCUT2D eigenvalue weighted by Crippen LogP contribution is 2.31. The first-order valence-corrected chi connectivity index (χ1v) is 11.4.